The van der Waals surface area contributed by atoms with E-state index in [9.17, 15) is 19.5 Å². The number of methoxy groups -OCH3 is 3. The Hall–Kier alpha value is -4.33. The number of nitrogens with one attached hydrogen (secondary N) is 1. The normalized spacial score (nSPS) is 17.6. The van der Waals surface area contributed by atoms with Crippen LogP contribution in [-0.2, 0) is 41.5 Å². The number of ether oxygens (including phenoxy) is 6. The Kier molecular flexibility index (Phi) is 10.6. The molecule has 2 aromatic rings. The Morgan fingerprint density at radius 2 is 1.69 bits per heavy atom. The molecule has 2 N–H and O–H groups in total. The first-order chi connectivity index (χ1) is 20.3. The van der Waals surface area contributed by atoms with Gasteiger partial charge in [0, 0.05) is 37.8 Å². The van der Waals surface area contributed by atoms with Crippen molar-refractivity contribution in [2.75, 3.05) is 59.3 Å². The van der Waals surface area contributed by atoms with E-state index in [0.29, 0.717) is 35.8 Å². The summed E-state index contributed by atoms with van der Waals surface area (Å²) in [6.07, 6.45) is 0.269. The van der Waals surface area contributed by atoms with Crippen LogP contribution in [0.25, 0.3) is 0 Å². The van der Waals surface area contributed by atoms with Crippen LogP contribution >= 0.6 is 0 Å². The van der Waals surface area contributed by atoms with E-state index >= 15 is 0 Å². The molecule has 0 radical (unpaired) electrons. The van der Waals surface area contributed by atoms with Crippen molar-refractivity contribution in [2.45, 2.75) is 25.0 Å². The fraction of sp³-hybridized carbons (Fsp3) is 0.414. The number of benzene rings is 2. The van der Waals surface area contributed by atoms with Gasteiger partial charge in [0.05, 0.1) is 20.8 Å². The molecule has 0 saturated carbocycles. The van der Waals surface area contributed by atoms with E-state index in [0.717, 1.165) is 22.8 Å². The average molecular weight is 587 g/mol. The highest BCUT2D eigenvalue weighted by Gasteiger charge is 2.42. The smallest absolute Gasteiger partial charge is 0.356 e. The van der Waals surface area contributed by atoms with Crippen molar-refractivity contribution in [1.82, 2.24) is 5.32 Å². The maximum atomic E-state index is 13.1. The van der Waals surface area contributed by atoms with Crippen LogP contribution in [0.2, 0.25) is 0 Å². The van der Waals surface area contributed by atoms with E-state index in [1.165, 1.54) is 7.11 Å². The Morgan fingerprint density at radius 1 is 0.952 bits per heavy atom. The van der Waals surface area contributed by atoms with Gasteiger partial charge in [-0.2, -0.15) is 0 Å². The van der Waals surface area contributed by atoms with Crippen LogP contribution < -0.4 is 29.3 Å². The van der Waals surface area contributed by atoms with Crippen molar-refractivity contribution < 1.29 is 52.7 Å². The summed E-state index contributed by atoms with van der Waals surface area (Å²) in [5.41, 5.74) is 1.59. The van der Waals surface area contributed by atoms with Gasteiger partial charge in [0.1, 0.15) is 36.5 Å². The third-order valence-electron chi connectivity index (χ3n) is 6.46. The summed E-state index contributed by atoms with van der Waals surface area (Å²) in [6.45, 7) is 1.19. The molecule has 4 rings (SSSR count). The van der Waals surface area contributed by atoms with Gasteiger partial charge in [0.2, 0.25) is 0 Å². The summed E-state index contributed by atoms with van der Waals surface area (Å²) < 4.78 is 32.6. The number of rotatable bonds is 14. The zero-order valence-electron chi connectivity index (χ0n) is 23.6. The molecule has 226 valence electrons. The lowest BCUT2D eigenvalue weighted by Crippen LogP contribution is -2.47. The van der Waals surface area contributed by atoms with E-state index < -0.39 is 30.1 Å². The summed E-state index contributed by atoms with van der Waals surface area (Å²) in [6, 6.07) is 8.87. The molecule has 2 aliphatic heterocycles. The van der Waals surface area contributed by atoms with E-state index in [1.807, 2.05) is 18.2 Å². The monoisotopic (exact) mass is 586 g/mol. The fourth-order valence-corrected chi connectivity index (χ4v) is 4.42. The van der Waals surface area contributed by atoms with Crippen LogP contribution in [0.3, 0.4) is 0 Å². The van der Waals surface area contributed by atoms with E-state index in [4.69, 9.17) is 33.3 Å². The molecule has 2 aromatic carbocycles. The van der Waals surface area contributed by atoms with Gasteiger partial charge in [-0.05, 0) is 42.8 Å². The van der Waals surface area contributed by atoms with Crippen molar-refractivity contribution in [3.8, 4) is 23.0 Å². The molecule has 2 aliphatic rings. The second-order valence-electron chi connectivity index (χ2n) is 9.34. The summed E-state index contributed by atoms with van der Waals surface area (Å²) in [5, 5.41) is 14.5. The summed E-state index contributed by atoms with van der Waals surface area (Å²) in [5.74, 6) is -0.723. The van der Waals surface area contributed by atoms with E-state index in [2.05, 4.69) is 5.32 Å². The van der Waals surface area contributed by atoms with E-state index in [-0.39, 0.29) is 44.2 Å². The molecule has 42 heavy (non-hydrogen) atoms. The molecule has 0 spiro atoms. The lowest BCUT2D eigenvalue weighted by atomic mass is 9.98. The van der Waals surface area contributed by atoms with Gasteiger partial charge in [0.25, 0.3) is 0 Å². The molecule has 2 atom stereocenters. The number of hydrogen-bond acceptors (Lipinski definition) is 12. The molecule has 0 saturated heterocycles. The Balaban J connectivity index is 1.43. The lowest BCUT2D eigenvalue weighted by Gasteiger charge is -2.33. The topological polar surface area (TPSA) is 151 Å². The first kappa shape index (κ1) is 30.6. The number of carbonyl (C=O) groups excluding carboxylic acids is 3. The zero-order valence-corrected chi connectivity index (χ0v) is 23.6. The molecule has 13 heteroatoms. The second-order valence-corrected chi connectivity index (χ2v) is 9.34. The number of nitrogens with zero attached hydrogens (tertiary/aromatic N) is 1. The highest BCUT2D eigenvalue weighted by Crippen LogP contribution is 2.43. The number of anilines is 1. The van der Waals surface area contributed by atoms with Crippen LogP contribution in [0.15, 0.2) is 42.5 Å². The molecule has 0 fully saturated rings. The van der Waals surface area contributed by atoms with Gasteiger partial charge in [-0.1, -0.05) is 6.07 Å². The Bertz CT molecular complexity index is 1310. The zero-order chi connectivity index (χ0) is 30.1. The number of aliphatic hydroxyl groups excluding tert-OH is 1. The van der Waals surface area contributed by atoms with Gasteiger partial charge in [-0.25, -0.2) is 9.59 Å². The van der Waals surface area contributed by atoms with Gasteiger partial charge in [0.15, 0.2) is 17.6 Å². The third kappa shape index (κ3) is 7.49. The van der Waals surface area contributed by atoms with Crippen LogP contribution in [0, 0.1) is 0 Å². The van der Waals surface area contributed by atoms with Crippen molar-refractivity contribution in [3.05, 3.63) is 53.6 Å². The summed E-state index contributed by atoms with van der Waals surface area (Å²) in [4.78, 5) is 42.8. The third-order valence-corrected chi connectivity index (χ3v) is 6.46. The number of amides is 1. The number of aliphatic hydroxyl groups is 1. The maximum absolute atomic E-state index is 13.1. The summed E-state index contributed by atoms with van der Waals surface area (Å²) >= 11 is 0. The quantitative estimate of drug-likeness (QED) is 0.241. The minimum atomic E-state index is -1.26. The second kappa shape index (κ2) is 14.5. The van der Waals surface area contributed by atoms with Gasteiger partial charge in [-0.15, -0.1) is 5.06 Å². The maximum Gasteiger partial charge on any atom is 0.356 e. The highest BCUT2D eigenvalue weighted by atomic mass is 16.7. The lowest BCUT2D eigenvalue weighted by molar-refractivity contribution is -0.156. The van der Waals surface area contributed by atoms with Crippen LogP contribution in [-0.4, -0.2) is 89.4 Å². The molecule has 2 bridgehead atoms. The number of hydrogen-bond donors (Lipinski definition) is 2. The van der Waals surface area contributed by atoms with Gasteiger partial charge < -0.3 is 43.7 Å². The van der Waals surface area contributed by atoms with Crippen molar-refractivity contribution in [3.63, 3.8) is 0 Å². The largest absolute Gasteiger partial charge is 0.493 e. The molecular formula is C29H34N2O11. The predicted molar refractivity (Wildman–Crippen MR) is 148 cm³/mol. The molecule has 1 amide bonds. The number of carbonyl (C=O) groups is 3. The predicted octanol–water partition coefficient (Wildman–Crippen LogP) is 1.13. The SMILES string of the molecule is COCCOc1ccc(OCC(O)CNCCc2ccc(OC)c(OC)c2)c2c1N1OC(=O)/C=C\C(=O)OC(C2)C1=O. The van der Waals surface area contributed by atoms with Crippen LogP contribution in [0.1, 0.15) is 11.1 Å². The highest BCUT2D eigenvalue weighted by molar-refractivity contribution is 6.05. The van der Waals surface area contributed by atoms with Crippen molar-refractivity contribution in [1.29, 1.82) is 0 Å². The van der Waals surface area contributed by atoms with Crippen molar-refractivity contribution >= 4 is 23.5 Å². The molecule has 0 aliphatic carbocycles. The molecule has 2 unspecified atom stereocenters. The van der Waals surface area contributed by atoms with E-state index in [1.54, 1.807) is 26.4 Å². The minimum absolute atomic E-state index is 0.0573. The average Bonchev–Trinajstić information content (AvgIpc) is 3.01. The fourth-order valence-electron chi connectivity index (χ4n) is 4.42. The molecule has 0 aromatic heterocycles. The summed E-state index contributed by atoms with van der Waals surface area (Å²) in [7, 11) is 4.68. The number of fused-ring (bicyclic) bond motifs is 4. The Labute approximate surface area is 242 Å². The van der Waals surface area contributed by atoms with Crippen molar-refractivity contribution in [2.24, 2.45) is 0 Å². The standard InChI is InChI=1S/C29H34N2O11/c1-36-12-13-39-23-7-6-21(20-15-25-29(35)31(28(20)23)42-27(34)9-8-26(33)41-25)40-17-19(32)16-30-11-10-18-4-5-22(37-2)24(14-18)38-3/h4-9,14,19,25,30,32H,10-13,15-17H2,1-3H3/b9-8-. The Morgan fingerprint density at radius 3 is 2.45 bits per heavy atom. The molecule has 13 nitrogen and oxygen atoms in total. The molecule has 2 heterocycles. The van der Waals surface area contributed by atoms with Crippen LogP contribution in [0.5, 0.6) is 23.0 Å². The number of hydroxylamine groups is 1. The molecular weight excluding hydrogens is 552 g/mol. The van der Waals surface area contributed by atoms with Gasteiger partial charge in [-0.3, -0.25) is 4.79 Å². The first-order valence-corrected chi connectivity index (χ1v) is 13.3. The minimum Gasteiger partial charge on any atom is -0.493 e. The number of esters is 1. The van der Waals surface area contributed by atoms with Gasteiger partial charge >= 0.3 is 17.8 Å². The van der Waals surface area contributed by atoms with Crippen LogP contribution in [0.4, 0.5) is 5.69 Å². The first-order valence-electron chi connectivity index (χ1n) is 13.3.